The van der Waals surface area contributed by atoms with Crippen LogP contribution in [0.4, 0.5) is 0 Å². The van der Waals surface area contributed by atoms with Crippen molar-refractivity contribution in [1.82, 2.24) is 5.32 Å². The molecule has 112 valence electrons. The molecule has 20 heavy (non-hydrogen) atoms. The zero-order chi connectivity index (χ0) is 15.1. The summed E-state index contributed by atoms with van der Waals surface area (Å²) in [5, 5.41) is 3.18. The molecule has 0 aliphatic rings. The lowest BCUT2D eigenvalue weighted by Crippen LogP contribution is -2.31. The number of aryl methyl sites for hydroxylation is 2. The van der Waals surface area contributed by atoms with Gasteiger partial charge in [0.15, 0.2) is 0 Å². The second-order valence-corrected chi connectivity index (χ2v) is 4.95. The first-order valence-electron chi connectivity index (χ1n) is 6.98. The fraction of sp³-hybridized carbons (Fsp3) is 0.562. The number of hydrogen-bond acceptors (Lipinski definition) is 4. The lowest BCUT2D eigenvalue weighted by atomic mass is 9.97. The zero-order valence-electron chi connectivity index (χ0n) is 13.1. The summed E-state index contributed by atoms with van der Waals surface area (Å²) >= 11 is 0. The maximum atomic E-state index is 11.6. The van der Waals surface area contributed by atoms with E-state index in [0.717, 1.165) is 17.7 Å². The van der Waals surface area contributed by atoms with Gasteiger partial charge in [0.1, 0.15) is 5.75 Å². The Bertz CT molecular complexity index is 457. The van der Waals surface area contributed by atoms with E-state index in [1.807, 2.05) is 27.0 Å². The van der Waals surface area contributed by atoms with Crippen molar-refractivity contribution in [1.29, 1.82) is 0 Å². The van der Waals surface area contributed by atoms with Gasteiger partial charge in [-0.05, 0) is 57.0 Å². The Morgan fingerprint density at radius 2 is 2.00 bits per heavy atom. The first-order valence-corrected chi connectivity index (χ1v) is 6.98. The van der Waals surface area contributed by atoms with E-state index in [0.29, 0.717) is 13.0 Å². The number of likely N-dealkylation sites (N-methyl/N-ethyl adjacent to an activating group) is 1. The summed E-state index contributed by atoms with van der Waals surface area (Å²) in [6.45, 7) is 6.34. The molecule has 1 N–H and O–H groups in total. The number of carbonyl (C=O) groups excluding carboxylic acids is 1. The molecule has 0 radical (unpaired) electrons. The molecule has 4 nitrogen and oxygen atoms in total. The molecule has 0 spiro atoms. The number of ether oxygens (including phenoxy) is 2. The predicted molar refractivity (Wildman–Crippen MR) is 80.3 cm³/mol. The van der Waals surface area contributed by atoms with Crippen molar-refractivity contribution in [3.05, 3.63) is 28.8 Å². The van der Waals surface area contributed by atoms with Gasteiger partial charge in [-0.2, -0.15) is 0 Å². The summed E-state index contributed by atoms with van der Waals surface area (Å²) in [5.74, 6) is 0.743. The van der Waals surface area contributed by atoms with Crippen molar-refractivity contribution in [3.8, 4) is 5.75 Å². The van der Waals surface area contributed by atoms with Crippen LogP contribution in [0.25, 0.3) is 0 Å². The summed E-state index contributed by atoms with van der Waals surface area (Å²) in [4.78, 5) is 11.6. The average Bonchev–Trinajstić information content (AvgIpc) is 2.41. The van der Waals surface area contributed by atoms with Crippen LogP contribution < -0.4 is 10.1 Å². The number of methoxy groups -OCH3 is 1. The van der Waals surface area contributed by atoms with E-state index in [2.05, 4.69) is 18.3 Å². The molecule has 1 unspecified atom stereocenters. The third kappa shape index (κ3) is 4.53. The van der Waals surface area contributed by atoms with Crippen LogP contribution in [0.15, 0.2) is 12.1 Å². The Morgan fingerprint density at radius 3 is 2.55 bits per heavy atom. The second kappa shape index (κ2) is 7.90. The van der Waals surface area contributed by atoms with E-state index < -0.39 is 0 Å². The van der Waals surface area contributed by atoms with Gasteiger partial charge in [-0.3, -0.25) is 4.79 Å². The Labute approximate surface area is 121 Å². The van der Waals surface area contributed by atoms with Crippen molar-refractivity contribution in [2.45, 2.75) is 39.7 Å². The van der Waals surface area contributed by atoms with Crippen LogP contribution in [0, 0.1) is 13.8 Å². The average molecular weight is 279 g/mol. The van der Waals surface area contributed by atoms with E-state index in [1.165, 1.54) is 11.1 Å². The van der Waals surface area contributed by atoms with Crippen LogP contribution in [0.3, 0.4) is 0 Å². The molecule has 0 bridgehead atoms. The largest absolute Gasteiger partial charge is 0.496 e. The molecule has 0 saturated carbocycles. The molecule has 0 aliphatic carbocycles. The highest BCUT2D eigenvalue weighted by Gasteiger charge is 2.15. The number of rotatable bonds is 7. The van der Waals surface area contributed by atoms with Gasteiger partial charge >= 0.3 is 5.97 Å². The summed E-state index contributed by atoms with van der Waals surface area (Å²) in [6, 6.07) is 4.26. The molecule has 0 amide bonds. The van der Waals surface area contributed by atoms with Crippen LogP contribution in [0.2, 0.25) is 0 Å². The predicted octanol–water partition coefficient (Wildman–Crippen LogP) is 2.40. The Hall–Kier alpha value is -1.55. The van der Waals surface area contributed by atoms with Crippen molar-refractivity contribution in [2.24, 2.45) is 0 Å². The van der Waals surface area contributed by atoms with E-state index in [9.17, 15) is 4.79 Å². The van der Waals surface area contributed by atoms with Crippen LogP contribution >= 0.6 is 0 Å². The lowest BCUT2D eigenvalue weighted by molar-refractivity contribution is -0.143. The van der Waals surface area contributed by atoms with Gasteiger partial charge in [-0.15, -0.1) is 0 Å². The van der Waals surface area contributed by atoms with Gasteiger partial charge in [0.25, 0.3) is 0 Å². The molecule has 0 fully saturated rings. The maximum Gasteiger partial charge on any atom is 0.307 e. The van der Waals surface area contributed by atoms with Crippen molar-refractivity contribution >= 4 is 5.97 Å². The molecule has 0 heterocycles. The van der Waals surface area contributed by atoms with E-state index in [-0.39, 0.29) is 12.0 Å². The molecule has 1 aromatic carbocycles. The minimum absolute atomic E-state index is 0.0838. The van der Waals surface area contributed by atoms with Gasteiger partial charge in [-0.25, -0.2) is 0 Å². The molecule has 4 heteroatoms. The SMILES string of the molecule is CCOC(=O)CC(Cc1cc(C)c(OC)cc1C)NC. The summed E-state index contributed by atoms with van der Waals surface area (Å²) in [7, 11) is 3.55. The molecule has 0 saturated heterocycles. The van der Waals surface area contributed by atoms with E-state index in [4.69, 9.17) is 9.47 Å². The number of esters is 1. The molecule has 0 aliphatic heterocycles. The van der Waals surface area contributed by atoms with E-state index >= 15 is 0 Å². The highest BCUT2D eigenvalue weighted by molar-refractivity contribution is 5.70. The van der Waals surface area contributed by atoms with E-state index in [1.54, 1.807) is 7.11 Å². The number of nitrogens with one attached hydrogen (secondary N) is 1. The van der Waals surface area contributed by atoms with Crippen LogP contribution in [-0.4, -0.2) is 32.8 Å². The van der Waals surface area contributed by atoms with Crippen LogP contribution in [-0.2, 0) is 16.0 Å². The normalized spacial score (nSPS) is 12.1. The van der Waals surface area contributed by atoms with Crippen molar-refractivity contribution in [2.75, 3.05) is 20.8 Å². The standard InChI is InChI=1S/C16H25NO3/c1-6-20-16(18)10-14(17-4)9-13-7-12(3)15(19-5)8-11(13)2/h7-8,14,17H,6,9-10H2,1-5H3. The topological polar surface area (TPSA) is 47.6 Å². The Morgan fingerprint density at radius 1 is 1.30 bits per heavy atom. The monoisotopic (exact) mass is 279 g/mol. The third-order valence-corrected chi connectivity index (χ3v) is 3.45. The fourth-order valence-electron chi connectivity index (χ4n) is 2.25. The van der Waals surface area contributed by atoms with Gasteiger partial charge < -0.3 is 14.8 Å². The third-order valence-electron chi connectivity index (χ3n) is 3.45. The number of hydrogen-bond donors (Lipinski definition) is 1. The van der Waals surface area contributed by atoms with Crippen molar-refractivity contribution in [3.63, 3.8) is 0 Å². The minimum Gasteiger partial charge on any atom is -0.496 e. The van der Waals surface area contributed by atoms with Crippen molar-refractivity contribution < 1.29 is 14.3 Å². The molecular formula is C16H25NO3. The van der Waals surface area contributed by atoms with Gasteiger partial charge in [-0.1, -0.05) is 6.07 Å². The molecular weight excluding hydrogens is 254 g/mol. The smallest absolute Gasteiger partial charge is 0.307 e. The summed E-state index contributed by atoms with van der Waals surface area (Å²) in [5.41, 5.74) is 3.52. The van der Waals surface area contributed by atoms with Crippen LogP contribution in [0.5, 0.6) is 5.75 Å². The Balaban J connectivity index is 2.79. The van der Waals surface area contributed by atoms with Gasteiger partial charge in [0, 0.05) is 6.04 Å². The second-order valence-electron chi connectivity index (χ2n) is 4.95. The minimum atomic E-state index is -0.158. The Kier molecular flexibility index (Phi) is 6.52. The molecule has 1 rings (SSSR count). The first-order chi connectivity index (χ1) is 9.51. The van der Waals surface area contributed by atoms with Crippen LogP contribution in [0.1, 0.15) is 30.0 Å². The zero-order valence-corrected chi connectivity index (χ0v) is 13.1. The molecule has 1 atom stereocenters. The number of carbonyl (C=O) groups is 1. The van der Waals surface area contributed by atoms with Gasteiger partial charge in [0.2, 0.25) is 0 Å². The number of benzene rings is 1. The summed E-state index contributed by atoms with van der Waals surface area (Å²) in [6.07, 6.45) is 1.18. The highest BCUT2D eigenvalue weighted by Crippen LogP contribution is 2.23. The quantitative estimate of drug-likeness (QED) is 0.779. The first kappa shape index (κ1) is 16.5. The van der Waals surface area contributed by atoms with Gasteiger partial charge in [0.05, 0.1) is 20.1 Å². The lowest BCUT2D eigenvalue weighted by Gasteiger charge is -2.18. The maximum absolute atomic E-state index is 11.6. The molecule has 0 aromatic heterocycles. The molecule has 1 aromatic rings. The highest BCUT2D eigenvalue weighted by atomic mass is 16.5. The fourth-order valence-corrected chi connectivity index (χ4v) is 2.25. The summed E-state index contributed by atoms with van der Waals surface area (Å²) < 4.78 is 10.3.